The second-order valence-corrected chi connectivity index (χ2v) is 17.0. The molecule has 1 saturated carbocycles. The van der Waals surface area contributed by atoms with Crippen molar-refractivity contribution in [2.75, 3.05) is 13.2 Å². The van der Waals surface area contributed by atoms with E-state index in [1.807, 2.05) is 116 Å². The Balaban J connectivity index is 1.31. The lowest BCUT2D eigenvalue weighted by Crippen LogP contribution is -2.48. The number of amides is 2. The first-order valence-electron chi connectivity index (χ1n) is 19.1. The summed E-state index contributed by atoms with van der Waals surface area (Å²) in [5.41, 5.74) is -0.139. The van der Waals surface area contributed by atoms with Crippen molar-refractivity contribution in [2.24, 2.45) is 11.8 Å². The molecule has 0 heterocycles. The van der Waals surface area contributed by atoms with E-state index in [1.54, 1.807) is 0 Å². The lowest BCUT2D eigenvalue weighted by atomic mass is 9.96. The van der Waals surface area contributed by atoms with E-state index in [-0.39, 0.29) is 61.6 Å². The van der Waals surface area contributed by atoms with E-state index in [2.05, 4.69) is 10.6 Å². The predicted octanol–water partition coefficient (Wildman–Crippen LogP) is 7.61. The van der Waals surface area contributed by atoms with Crippen LogP contribution >= 0.6 is 0 Å². The Bertz CT molecular complexity index is 1350. The molecule has 0 aromatic heterocycles. The third kappa shape index (κ3) is 17.3. The maximum Gasteiger partial charge on any atom is 0.306 e. The van der Waals surface area contributed by atoms with Crippen LogP contribution in [0, 0.1) is 11.8 Å². The quantitative estimate of drug-likeness (QED) is 0.118. The van der Waals surface area contributed by atoms with Gasteiger partial charge in [0.2, 0.25) is 11.8 Å². The number of nitrogens with one attached hydrogen (secondary N) is 2. The van der Waals surface area contributed by atoms with Gasteiger partial charge in [-0.3, -0.25) is 19.2 Å². The first-order chi connectivity index (χ1) is 24.8. The number of hydrogen-bond donors (Lipinski definition) is 2. The molecule has 3 rings (SSSR count). The van der Waals surface area contributed by atoms with Crippen LogP contribution in [-0.4, -0.2) is 59.2 Å². The molecule has 0 spiro atoms. The highest BCUT2D eigenvalue weighted by Crippen LogP contribution is 2.33. The highest BCUT2D eigenvalue weighted by molar-refractivity contribution is 5.84. The summed E-state index contributed by atoms with van der Waals surface area (Å²) in [5, 5.41) is 6.36. The summed E-state index contributed by atoms with van der Waals surface area (Å²) in [6.07, 6.45) is 4.60. The van der Waals surface area contributed by atoms with Crippen molar-refractivity contribution in [3.8, 4) is 0 Å². The van der Waals surface area contributed by atoms with Crippen LogP contribution < -0.4 is 10.6 Å². The van der Waals surface area contributed by atoms with E-state index < -0.39 is 22.3 Å². The first-order valence-corrected chi connectivity index (χ1v) is 19.1. The van der Waals surface area contributed by atoms with Crippen molar-refractivity contribution < 1.29 is 38.1 Å². The fraction of sp³-hybridized carbons (Fsp3) is 0.628. The Labute approximate surface area is 317 Å². The Kier molecular flexibility index (Phi) is 16.5. The van der Waals surface area contributed by atoms with Crippen molar-refractivity contribution in [1.82, 2.24) is 10.6 Å². The van der Waals surface area contributed by atoms with Crippen molar-refractivity contribution >= 4 is 23.8 Å². The van der Waals surface area contributed by atoms with Gasteiger partial charge in [-0.05, 0) is 111 Å². The van der Waals surface area contributed by atoms with Crippen LogP contribution in [-0.2, 0) is 51.3 Å². The molecule has 1 aliphatic rings. The number of esters is 2. The maximum absolute atomic E-state index is 13.3. The minimum Gasteiger partial charge on any atom is -0.461 e. The second kappa shape index (κ2) is 20.1. The third-order valence-corrected chi connectivity index (χ3v) is 9.88. The van der Waals surface area contributed by atoms with E-state index >= 15 is 0 Å². The zero-order valence-electron chi connectivity index (χ0n) is 33.4. The normalized spacial score (nSPS) is 16.5. The molecule has 10 nitrogen and oxygen atoms in total. The molecule has 1 fully saturated rings. The van der Waals surface area contributed by atoms with Gasteiger partial charge in [0.25, 0.3) is 0 Å². The molecule has 1 unspecified atom stereocenters. The van der Waals surface area contributed by atoms with Gasteiger partial charge >= 0.3 is 11.9 Å². The second-order valence-electron chi connectivity index (χ2n) is 17.0. The van der Waals surface area contributed by atoms with E-state index in [4.69, 9.17) is 18.9 Å². The largest absolute Gasteiger partial charge is 0.461 e. The van der Waals surface area contributed by atoms with Gasteiger partial charge in [0.1, 0.15) is 13.2 Å². The molecule has 0 aliphatic heterocycles. The lowest BCUT2D eigenvalue weighted by molar-refractivity contribution is -0.147. The molecule has 0 radical (unpaired) electrons. The molecular weight excluding hydrogens is 672 g/mol. The number of rotatable bonds is 22. The van der Waals surface area contributed by atoms with Crippen LogP contribution in [0.2, 0.25) is 0 Å². The summed E-state index contributed by atoms with van der Waals surface area (Å²) in [4.78, 5) is 51.1. The molecule has 2 amide bonds. The van der Waals surface area contributed by atoms with Crippen molar-refractivity contribution in [1.29, 1.82) is 0 Å². The molecule has 2 N–H and O–H groups in total. The van der Waals surface area contributed by atoms with Gasteiger partial charge in [0.15, 0.2) is 0 Å². The topological polar surface area (TPSA) is 129 Å². The number of ether oxygens (including phenoxy) is 4. The summed E-state index contributed by atoms with van der Waals surface area (Å²) >= 11 is 0. The van der Waals surface area contributed by atoms with E-state index in [1.165, 1.54) is 0 Å². The van der Waals surface area contributed by atoms with Crippen LogP contribution in [0.3, 0.4) is 0 Å². The van der Waals surface area contributed by atoms with Gasteiger partial charge in [-0.2, -0.15) is 0 Å². The number of carbonyl (C=O) groups excluding carboxylic acids is 4. The molecule has 2 atom stereocenters. The number of benzene rings is 2. The summed E-state index contributed by atoms with van der Waals surface area (Å²) < 4.78 is 23.0. The molecule has 2 aromatic carbocycles. The molecule has 294 valence electrons. The van der Waals surface area contributed by atoms with Gasteiger partial charge in [0.05, 0.1) is 11.2 Å². The zero-order valence-corrected chi connectivity index (χ0v) is 33.4. The van der Waals surface area contributed by atoms with Crippen LogP contribution in [0.4, 0.5) is 0 Å². The fourth-order valence-corrected chi connectivity index (χ4v) is 6.19. The highest BCUT2D eigenvalue weighted by Gasteiger charge is 2.37. The van der Waals surface area contributed by atoms with Crippen molar-refractivity contribution in [3.05, 3.63) is 71.8 Å². The van der Waals surface area contributed by atoms with Crippen molar-refractivity contribution in [2.45, 2.75) is 149 Å². The van der Waals surface area contributed by atoms with E-state index in [9.17, 15) is 19.2 Å². The first kappa shape index (κ1) is 43.6. The number of hydrogen-bond acceptors (Lipinski definition) is 8. The monoisotopic (exact) mass is 736 g/mol. The summed E-state index contributed by atoms with van der Waals surface area (Å²) in [6, 6.07) is 19.2. The smallest absolute Gasteiger partial charge is 0.306 e. The van der Waals surface area contributed by atoms with Crippen LogP contribution in [0.15, 0.2) is 60.7 Å². The molecule has 1 aliphatic carbocycles. The minimum absolute atomic E-state index is 0.0374. The number of carbonyl (C=O) groups is 4. The van der Waals surface area contributed by atoms with E-state index in [0.717, 1.165) is 11.1 Å². The SMILES string of the molecule is CC(C)(CCOC(C)(C)CCC(=O)OCc1ccccc1)NC(=O)C1CC[C@@H](C(=O)NC(C)(C)CCOC(C)(C)CCC(=O)OCc2ccccc2)C1. The molecule has 0 saturated heterocycles. The Morgan fingerprint density at radius 2 is 0.925 bits per heavy atom. The fourth-order valence-electron chi connectivity index (χ4n) is 6.19. The zero-order chi connectivity index (χ0) is 39.1. The summed E-state index contributed by atoms with van der Waals surface area (Å²) in [5.74, 6) is -1.04. The molecular formula is C43H64N2O8. The van der Waals surface area contributed by atoms with E-state index in [0.29, 0.717) is 58.2 Å². The average Bonchev–Trinajstić information content (AvgIpc) is 3.60. The Hall–Kier alpha value is -3.76. The molecule has 0 bridgehead atoms. The Morgan fingerprint density at radius 1 is 0.566 bits per heavy atom. The minimum atomic E-state index is -0.521. The van der Waals surface area contributed by atoms with Gasteiger partial charge in [0, 0.05) is 49.0 Å². The van der Waals surface area contributed by atoms with Crippen LogP contribution in [0.1, 0.15) is 124 Å². The predicted molar refractivity (Wildman–Crippen MR) is 206 cm³/mol. The van der Waals surface area contributed by atoms with Gasteiger partial charge in [-0.1, -0.05) is 60.7 Å². The lowest BCUT2D eigenvalue weighted by Gasteiger charge is -2.31. The van der Waals surface area contributed by atoms with Crippen molar-refractivity contribution in [3.63, 3.8) is 0 Å². The summed E-state index contributed by atoms with van der Waals surface area (Å²) in [6.45, 7) is 17.1. The average molecular weight is 737 g/mol. The molecule has 10 heteroatoms. The molecule has 2 aromatic rings. The van der Waals surface area contributed by atoms with Crippen LogP contribution in [0.5, 0.6) is 0 Å². The third-order valence-electron chi connectivity index (χ3n) is 9.88. The van der Waals surface area contributed by atoms with Gasteiger partial charge < -0.3 is 29.6 Å². The summed E-state index contributed by atoms with van der Waals surface area (Å²) in [7, 11) is 0. The highest BCUT2D eigenvalue weighted by atomic mass is 16.5. The Morgan fingerprint density at radius 3 is 1.28 bits per heavy atom. The maximum atomic E-state index is 13.3. The van der Waals surface area contributed by atoms with Gasteiger partial charge in [-0.15, -0.1) is 0 Å². The van der Waals surface area contributed by atoms with Crippen LogP contribution in [0.25, 0.3) is 0 Å². The molecule has 53 heavy (non-hydrogen) atoms. The van der Waals surface area contributed by atoms with Gasteiger partial charge in [-0.25, -0.2) is 0 Å². The standard InChI is InChI=1S/C43H64N2O8/c1-40(2,25-27-52-42(5,6)23-21-36(46)50-30-32-15-11-9-12-16-32)44-38(48)34-19-20-35(29-34)39(49)45-41(3,4)26-28-53-43(7,8)24-22-37(47)51-31-33-17-13-10-14-18-33/h9-18,34-35H,19-31H2,1-8H3,(H,44,48)(H,45,49)/t34-,35?/m1/s1.